The van der Waals surface area contributed by atoms with Gasteiger partial charge in [0.05, 0.1) is 6.10 Å². The minimum Gasteiger partial charge on any atom is -0.384 e. The molecule has 1 unspecified atom stereocenters. The molecular weight excluding hydrogens is 242 g/mol. The molecular formula is C15H19NO3. The predicted molar refractivity (Wildman–Crippen MR) is 73.8 cm³/mol. The number of hydrogen-bond acceptors (Lipinski definition) is 3. The van der Waals surface area contributed by atoms with E-state index < -0.39 is 0 Å². The molecule has 0 aliphatic rings. The van der Waals surface area contributed by atoms with Gasteiger partial charge in [-0.25, -0.2) is 0 Å². The summed E-state index contributed by atoms with van der Waals surface area (Å²) in [6.45, 7) is 4.79. The van der Waals surface area contributed by atoms with E-state index in [4.69, 9.17) is 9.84 Å². The summed E-state index contributed by atoms with van der Waals surface area (Å²) in [5, 5.41) is 11.4. The fourth-order valence-corrected chi connectivity index (χ4v) is 1.53. The van der Waals surface area contributed by atoms with Crippen LogP contribution < -0.4 is 5.32 Å². The summed E-state index contributed by atoms with van der Waals surface area (Å²) in [4.78, 5) is 11.8. The van der Waals surface area contributed by atoms with Crippen molar-refractivity contribution in [1.29, 1.82) is 0 Å². The summed E-state index contributed by atoms with van der Waals surface area (Å²) in [6.07, 6.45) is 0.00337. The summed E-state index contributed by atoms with van der Waals surface area (Å²) in [7, 11) is 0. The Morgan fingerprint density at radius 1 is 1.42 bits per heavy atom. The van der Waals surface area contributed by atoms with Gasteiger partial charge in [-0.15, -0.1) is 0 Å². The molecule has 0 heterocycles. The number of benzene rings is 1. The van der Waals surface area contributed by atoms with Gasteiger partial charge in [-0.05, 0) is 38.1 Å². The van der Waals surface area contributed by atoms with Crippen LogP contribution in [0.25, 0.3) is 0 Å². The lowest BCUT2D eigenvalue weighted by Crippen LogP contribution is -2.32. The number of carbonyl (C=O) groups excluding carboxylic acids is 1. The van der Waals surface area contributed by atoms with Crippen molar-refractivity contribution >= 4 is 5.91 Å². The number of aliphatic hydroxyl groups excluding tert-OH is 1. The van der Waals surface area contributed by atoms with E-state index in [2.05, 4.69) is 17.2 Å². The van der Waals surface area contributed by atoms with Crippen LogP contribution in [0.5, 0.6) is 0 Å². The van der Waals surface area contributed by atoms with Crippen LogP contribution in [0.3, 0.4) is 0 Å². The Labute approximate surface area is 113 Å². The number of amides is 1. The highest BCUT2D eigenvalue weighted by molar-refractivity contribution is 5.94. The molecule has 102 valence electrons. The lowest BCUT2D eigenvalue weighted by atomic mass is 10.1. The minimum absolute atomic E-state index is 0.00337. The molecule has 0 aliphatic heterocycles. The summed E-state index contributed by atoms with van der Waals surface area (Å²) < 4.78 is 5.33. The van der Waals surface area contributed by atoms with Gasteiger partial charge in [0.25, 0.3) is 5.91 Å². The topological polar surface area (TPSA) is 58.6 Å². The second kappa shape index (κ2) is 8.30. The number of nitrogens with one attached hydrogen (secondary N) is 1. The van der Waals surface area contributed by atoms with E-state index >= 15 is 0 Å². The smallest absolute Gasteiger partial charge is 0.251 e. The first-order chi connectivity index (χ1) is 9.17. The van der Waals surface area contributed by atoms with Crippen LogP contribution in [0.15, 0.2) is 24.3 Å². The van der Waals surface area contributed by atoms with Crippen molar-refractivity contribution in [2.45, 2.75) is 20.0 Å². The molecule has 2 N–H and O–H groups in total. The van der Waals surface area contributed by atoms with Crippen molar-refractivity contribution in [1.82, 2.24) is 5.32 Å². The summed E-state index contributed by atoms with van der Waals surface area (Å²) >= 11 is 0. The van der Waals surface area contributed by atoms with Crippen LogP contribution >= 0.6 is 0 Å². The molecule has 0 radical (unpaired) electrons. The maximum Gasteiger partial charge on any atom is 0.251 e. The molecule has 0 saturated heterocycles. The van der Waals surface area contributed by atoms with E-state index in [1.54, 1.807) is 24.3 Å². The van der Waals surface area contributed by atoms with Gasteiger partial charge in [-0.1, -0.05) is 11.8 Å². The highest BCUT2D eigenvalue weighted by atomic mass is 16.5. The van der Waals surface area contributed by atoms with E-state index in [1.165, 1.54) is 0 Å². The zero-order valence-corrected chi connectivity index (χ0v) is 11.3. The third kappa shape index (κ3) is 5.56. The average molecular weight is 261 g/mol. The van der Waals surface area contributed by atoms with Gasteiger partial charge in [0.15, 0.2) is 0 Å². The Morgan fingerprint density at radius 2 is 2.11 bits per heavy atom. The van der Waals surface area contributed by atoms with Crippen molar-refractivity contribution in [2.24, 2.45) is 0 Å². The molecule has 0 spiro atoms. The minimum atomic E-state index is -0.169. The fraction of sp³-hybridized carbons (Fsp3) is 0.400. The summed E-state index contributed by atoms with van der Waals surface area (Å²) in [5.41, 5.74) is 1.35. The first kappa shape index (κ1) is 15.2. The number of carbonyl (C=O) groups is 1. The summed E-state index contributed by atoms with van der Waals surface area (Å²) in [6, 6.07) is 6.93. The van der Waals surface area contributed by atoms with Gasteiger partial charge in [-0.3, -0.25) is 4.79 Å². The molecule has 1 aromatic carbocycles. The molecule has 1 rings (SSSR count). The number of aliphatic hydroxyl groups is 1. The standard InChI is InChI=1S/C15H19NO3/c1-3-19-12(2)11-16-15(18)14-8-6-13(7-9-14)5-4-10-17/h6-9,12,17H,3,10-11H2,1-2H3,(H,16,18). The van der Waals surface area contributed by atoms with Gasteiger partial charge in [0, 0.05) is 24.3 Å². The van der Waals surface area contributed by atoms with Gasteiger partial charge >= 0.3 is 0 Å². The first-order valence-electron chi connectivity index (χ1n) is 6.27. The molecule has 0 aromatic heterocycles. The maximum absolute atomic E-state index is 11.8. The predicted octanol–water partition coefficient (Wildman–Crippen LogP) is 1.19. The zero-order chi connectivity index (χ0) is 14.1. The van der Waals surface area contributed by atoms with Gasteiger partial charge < -0.3 is 15.2 Å². The lowest BCUT2D eigenvalue weighted by Gasteiger charge is -2.12. The Hall–Kier alpha value is -1.83. The molecule has 1 aromatic rings. The molecule has 19 heavy (non-hydrogen) atoms. The number of hydrogen-bond donors (Lipinski definition) is 2. The van der Waals surface area contributed by atoms with Crippen LogP contribution in [-0.2, 0) is 4.74 Å². The SMILES string of the molecule is CCOC(C)CNC(=O)c1ccc(C#CCO)cc1. The Morgan fingerprint density at radius 3 is 2.68 bits per heavy atom. The van der Waals surface area contributed by atoms with E-state index in [9.17, 15) is 4.79 Å². The van der Waals surface area contributed by atoms with Crippen LogP contribution in [0.2, 0.25) is 0 Å². The molecule has 0 aliphatic carbocycles. The first-order valence-corrected chi connectivity index (χ1v) is 6.27. The maximum atomic E-state index is 11.8. The molecule has 0 bridgehead atoms. The van der Waals surface area contributed by atoms with Crippen molar-refractivity contribution in [3.8, 4) is 11.8 Å². The second-order valence-corrected chi connectivity index (χ2v) is 4.01. The van der Waals surface area contributed by atoms with E-state index in [-0.39, 0.29) is 18.6 Å². The van der Waals surface area contributed by atoms with Crippen molar-refractivity contribution in [3.63, 3.8) is 0 Å². The number of ether oxygens (including phenoxy) is 1. The quantitative estimate of drug-likeness (QED) is 0.783. The van der Waals surface area contributed by atoms with Crippen molar-refractivity contribution in [2.75, 3.05) is 19.8 Å². The highest BCUT2D eigenvalue weighted by Crippen LogP contribution is 2.03. The third-order valence-corrected chi connectivity index (χ3v) is 2.46. The third-order valence-electron chi connectivity index (χ3n) is 2.46. The highest BCUT2D eigenvalue weighted by Gasteiger charge is 2.07. The van der Waals surface area contributed by atoms with Gasteiger partial charge in [-0.2, -0.15) is 0 Å². The van der Waals surface area contributed by atoms with Crippen LogP contribution in [0.4, 0.5) is 0 Å². The normalized spacial score (nSPS) is 11.3. The van der Waals surface area contributed by atoms with E-state index in [0.29, 0.717) is 18.7 Å². The molecule has 4 heteroatoms. The van der Waals surface area contributed by atoms with E-state index in [0.717, 1.165) is 5.56 Å². The van der Waals surface area contributed by atoms with Crippen molar-refractivity contribution in [3.05, 3.63) is 35.4 Å². The Bertz CT molecular complexity index is 457. The van der Waals surface area contributed by atoms with Crippen LogP contribution in [-0.4, -0.2) is 36.9 Å². The van der Waals surface area contributed by atoms with Gasteiger partial charge in [0.2, 0.25) is 0 Å². The van der Waals surface area contributed by atoms with Crippen LogP contribution in [0.1, 0.15) is 29.8 Å². The monoisotopic (exact) mass is 261 g/mol. The zero-order valence-electron chi connectivity index (χ0n) is 11.3. The van der Waals surface area contributed by atoms with Crippen molar-refractivity contribution < 1.29 is 14.6 Å². The molecule has 1 amide bonds. The van der Waals surface area contributed by atoms with Gasteiger partial charge in [0.1, 0.15) is 6.61 Å². The van der Waals surface area contributed by atoms with E-state index in [1.807, 2.05) is 13.8 Å². The number of rotatable bonds is 5. The summed E-state index contributed by atoms with van der Waals surface area (Å²) in [5.74, 6) is 5.20. The molecule has 1 atom stereocenters. The fourth-order valence-electron chi connectivity index (χ4n) is 1.53. The molecule has 4 nitrogen and oxygen atoms in total. The Balaban J connectivity index is 2.53. The second-order valence-electron chi connectivity index (χ2n) is 4.01. The Kier molecular flexibility index (Phi) is 6.65. The molecule has 0 fully saturated rings. The largest absolute Gasteiger partial charge is 0.384 e. The lowest BCUT2D eigenvalue weighted by molar-refractivity contribution is 0.0695. The molecule has 0 saturated carbocycles. The average Bonchev–Trinajstić information content (AvgIpc) is 2.43. The van der Waals surface area contributed by atoms with Crippen LogP contribution in [0, 0.1) is 11.8 Å².